The number of rotatable bonds is 9. The number of Topliss-reactive ketones (excluding diaryl/α,β-unsaturated/α-hetero) is 1. The van der Waals surface area contributed by atoms with E-state index in [0.29, 0.717) is 37.3 Å². The smallest absolute Gasteiger partial charge is 0.307 e. The number of hydrogen-bond acceptors (Lipinski definition) is 8. The topological polar surface area (TPSA) is 94.4 Å². The van der Waals surface area contributed by atoms with Crippen LogP contribution >= 0.6 is 11.8 Å². The molecule has 1 aliphatic carbocycles. The Hall–Kier alpha value is -2.85. The van der Waals surface area contributed by atoms with Crippen LogP contribution in [0.4, 0.5) is 4.39 Å². The molecule has 2 aromatic rings. The number of halogens is 1. The Morgan fingerprint density at radius 1 is 1.26 bits per heavy atom. The van der Waals surface area contributed by atoms with Crippen molar-refractivity contribution in [3.8, 4) is 0 Å². The largest absolute Gasteiger partial charge is 0.469 e. The number of likely N-dealkylation sites (tertiary alicyclic amines) is 1. The number of esters is 1. The number of benzene rings is 1. The van der Waals surface area contributed by atoms with Crippen molar-refractivity contribution < 1.29 is 23.5 Å². The molecule has 2 fully saturated rings. The van der Waals surface area contributed by atoms with E-state index in [1.165, 1.54) is 31.9 Å². The number of carbonyl (C=O) groups is 3. The molecule has 0 radical (unpaired) electrons. The number of nitrogens with zero attached hydrogens (tertiary/aromatic N) is 4. The Morgan fingerprint density at radius 3 is 2.71 bits per heavy atom. The predicted octanol–water partition coefficient (Wildman–Crippen LogP) is 3.44. The number of piperidine rings is 1. The Kier molecular flexibility index (Phi) is 8.12. The molecule has 2 atom stereocenters. The summed E-state index contributed by atoms with van der Waals surface area (Å²) in [5.74, 6) is -0.709. The summed E-state index contributed by atoms with van der Waals surface area (Å²) in [6.07, 6.45) is 6.00. The zero-order valence-electron chi connectivity index (χ0n) is 19.9. The Labute approximate surface area is 207 Å². The van der Waals surface area contributed by atoms with Crippen LogP contribution in [0, 0.1) is 11.7 Å². The SMILES string of the molecule is COC(=O)CCn1nncc1/C=C1/CN(C(C(=O)C2CC2)c2ccccc2F)CCC1SC(C)=O. The maximum absolute atomic E-state index is 14.8. The quantitative estimate of drug-likeness (QED) is 0.484. The monoisotopic (exact) mass is 500 g/mol. The van der Waals surface area contributed by atoms with Gasteiger partial charge >= 0.3 is 5.97 Å². The molecule has 1 aromatic carbocycles. The van der Waals surface area contributed by atoms with Gasteiger partial charge in [0.2, 0.25) is 0 Å². The summed E-state index contributed by atoms with van der Waals surface area (Å²) in [5.41, 5.74) is 2.02. The highest BCUT2D eigenvalue weighted by atomic mass is 32.2. The Morgan fingerprint density at radius 2 is 2.03 bits per heavy atom. The van der Waals surface area contributed by atoms with Crippen LogP contribution in [-0.2, 0) is 25.7 Å². The van der Waals surface area contributed by atoms with Crippen molar-refractivity contribution in [2.24, 2.45) is 5.92 Å². The van der Waals surface area contributed by atoms with Gasteiger partial charge in [0.05, 0.1) is 38.0 Å². The number of aryl methyl sites for hydroxylation is 1. The fourth-order valence-corrected chi connectivity index (χ4v) is 5.35. The Balaban J connectivity index is 1.64. The van der Waals surface area contributed by atoms with Gasteiger partial charge in [-0.1, -0.05) is 35.2 Å². The van der Waals surface area contributed by atoms with Crippen LogP contribution in [-0.4, -0.2) is 62.2 Å². The van der Waals surface area contributed by atoms with Crippen molar-refractivity contribution in [3.05, 3.63) is 53.1 Å². The molecule has 10 heteroatoms. The minimum absolute atomic E-state index is 0.00591. The summed E-state index contributed by atoms with van der Waals surface area (Å²) < 4.78 is 21.1. The first-order chi connectivity index (χ1) is 16.9. The maximum atomic E-state index is 14.8. The van der Waals surface area contributed by atoms with E-state index < -0.39 is 6.04 Å². The molecule has 0 bridgehead atoms. The second-order valence-electron chi connectivity index (χ2n) is 8.89. The van der Waals surface area contributed by atoms with E-state index in [-0.39, 0.29) is 40.3 Å². The maximum Gasteiger partial charge on any atom is 0.307 e. The molecule has 8 nitrogen and oxygen atoms in total. The highest BCUT2D eigenvalue weighted by molar-refractivity contribution is 8.14. The van der Waals surface area contributed by atoms with E-state index in [2.05, 4.69) is 10.3 Å². The van der Waals surface area contributed by atoms with Crippen LogP contribution in [0.15, 0.2) is 36.0 Å². The molecule has 1 aromatic heterocycles. The minimum Gasteiger partial charge on any atom is -0.469 e. The normalized spacial score (nSPS) is 20.5. The van der Waals surface area contributed by atoms with Gasteiger partial charge in [-0.15, -0.1) is 5.10 Å². The van der Waals surface area contributed by atoms with Gasteiger partial charge in [-0.3, -0.25) is 19.3 Å². The van der Waals surface area contributed by atoms with Crippen LogP contribution in [0.5, 0.6) is 0 Å². The summed E-state index contributed by atoms with van der Waals surface area (Å²) in [5, 5.41) is 7.97. The lowest BCUT2D eigenvalue weighted by Gasteiger charge is -2.38. The highest BCUT2D eigenvalue weighted by Crippen LogP contribution is 2.40. The second kappa shape index (κ2) is 11.3. The molecule has 0 spiro atoms. The van der Waals surface area contributed by atoms with E-state index >= 15 is 0 Å². The predicted molar refractivity (Wildman–Crippen MR) is 130 cm³/mol. The van der Waals surface area contributed by atoms with Crippen LogP contribution in [0.3, 0.4) is 0 Å². The standard InChI is InChI=1S/C25H29FN4O4S/c1-16(31)35-22-9-11-29(24(25(33)17-7-8-17)20-5-3-4-6-21(20)26)15-18(22)13-19-14-27-28-30(19)12-10-23(32)34-2/h3-6,13-14,17,22,24H,7-12,15H2,1-2H3/b18-13-. The molecule has 1 aliphatic heterocycles. The molecule has 35 heavy (non-hydrogen) atoms. The van der Waals surface area contributed by atoms with Crippen LogP contribution in [0.2, 0.25) is 0 Å². The first kappa shape index (κ1) is 25.2. The molecule has 2 aliphatic rings. The molecule has 0 N–H and O–H groups in total. The van der Waals surface area contributed by atoms with Crippen molar-refractivity contribution in [1.82, 2.24) is 19.9 Å². The van der Waals surface area contributed by atoms with E-state index in [0.717, 1.165) is 18.4 Å². The molecular formula is C25H29FN4O4S. The average molecular weight is 501 g/mol. The third kappa shape index (κ3) is 6.24. The number of thioether (sulfide) groups is 1. The molecule has 2 unspecified atom stereocenters. The first-order valence-corrected chi connectivity index (χ1v) is 12.6. The van der Waals surface area contributed by atoms with Gasteiger partial charge in [-0.05, 0) is 37.0 Å². The molecule has 4 rings (SSSR count). The van der Waals surface area contributed by atoms with Crippen LogP contribution < -0.4 is 0 Å². The van der Waals surface area contributed by atoms with Gasteiger partial charge in [0.1, 0.15) is 5.82 Å². The van der Waals surface area contributed by atoms with Crippen LogP contribution in [0.1, 0.15) is 49.9 Å². The summed E-state index contributed by atoms with van der Waals surface area (Å²) in [6, 6.07) is 5.79. The third-order valence-corrected chi connectivity index (χ3v) is 7.49. The third-order valence-electron chi connectivity index (χ3n) is 6.34. The number of methoxy groups -OCH3 is 1. The highest BCUT2D eigenvalue weighted by Gasteiger charge is 2.41. The Bertz CT molecular complexity index is 1130. The summed E-state index contributed by atoms with van der Waals surface area (Å²) in [6.45, 7) is 2.82. The van der Waals surface area contributed by atoms with Crippen molar-refractivity contribution >= 4 is 34.7 Å². The van der Waals surface area contributed by atoms with Gasteiger partial charge in [-0.25, -0.2) is 9.07 Å². The fourth-order valence-electron chi connectivity index (χ4n) is 4.44. The molecular weight excluding hydrogens is 471 g/mol. The molecule has 1 saturated carbocycles. The first-order valence-electron chi connectivity index (χ1n) is 11.7. The molecule has 0 amide bonds. The van der Waals surface area contributed by atoms with Gasteiger partial charge in [0.25, 0.3) is 0 Å². The zero-order valence-corrected chi connectivity index (χ0v) is 20.7. The minimum atomic E-state index is -0.669. The number of ketones is 1. The van der Waals surface area contributed by atoms with Gasteiger partial charge in [0.15, 0.2) is 10.9 Å². The summed E-state index contributed by atoms with van der Waals surface area (Å²) >= 11 is 1.26. The summed E-state index contributed by atoms with van der Waals surface area (Å²) in [7, 11) is 1.33. The van der Waals surface area contributed by atoms with E-state index in [4.69, 9.17) is 4.74 Å². The van der Waals surface area contributed by atoms with E-state index in [9.17, 15) is 18.8 Å². The van der Waals surface area contributed by atoms with E-state index in [1.807, 2.05) is 11.0 Å². The fraction of sp³-hybridized carbons (Fsp3) is 0.480. The molecule has 186 valence electrons. The van der Waals surface area contributed by atoms with Gasteiger partial charge < -0.3 is 4.74 Å². The summed E-state index contributed by atoms with van der Waals surface area (Å²) in [4.78, 5) is 38.9. The van der Waals surface area contributed by atoms with Crippen molar-refractivity contribution in [3.63, 3.8) is 0 Å². The van der Waals surface area contributed by atoms with Crippen molar-refractivity contribution in [2.45, 2.75) is 50.4 Å². The zero-order chi connectivity index (χ0) is 24.9. The van der Waals surface area contributed by atoms with Gasteiger partial charge in [-0.2, -0.15) is 0 Å². The van der Waals surface area contributed by atoms with Crippen LogP contribution in [0.25, 0.3) is 6.08 Å². The second-order valence-corrected chi connectivity index (χ2v) is 10.3. The molecule has 2 heterocycles. The lowest BCUT2D eigenvalue weighted by Crippen LogP contribution is -2.43. The van der Waals surface area contributed by atoms with E-state index in [1.54, 1.807) is 29.1 Å². The number of carbonyl (C=O) groups excluding carboxylic acids is 3. The number of hydrogen-bond donors (Lipinski definition) is 0. The lowest BCUT2D eigenvalue weighted by molar-refractivity contribution is -0.140. The average Bonchev–Trinajstić information content (AvgIpc) is 3.60. The number of ether oxygens (including phenoxy) is 1. The van der Waals surface area contributed by atoms with Crippen molar-refractivity contribution in [1.29, 1.82) is 0 Å². The molecule has 1 saturated heterocycles. The van der Waals surface area contributed by atoms with Crippen molar-refractivity contribution in [2.75, 3.05) is 20.2 Å². The number of aromatic nitrogens is 3. The van der Waals surface area contributed by atoms with Gasteiger partial charge in [0, 0.05) is 36.7 Å². The lowest BCUT2D eigenvalue weighted by atomic mass is 9.93.